The number of carbonyl (C=O) groups is 1. The number of hydrogen-bond acceptors (Lipinski definition) is 14. The van der Waals surface area contributed by atoms with E-state index in [4.69, 9.17) is 32.8 Å². The SMILES string of the molecule is COc1cc2ccc(=O)oc2cc1O[C@@H]1OC(CO[C@@H]2O[C@@H](C)[C@H](O)[C@@H](O)[C@H]2O)[C@@H](O)[C@H](O)[C@H]1OC(C)=O. The zero-order valence-corrected chi connectivity index (χ0v) is 20.7. The average Bonchev–Trinajstić information content (AvgIpc) is 2.88. The summed E-state index contributed by atoms with van der Waals surface area (Å²) in [5.41, 5.74) is -0.443. The molecule has 2 fully saturated rings. The minimum atomic E-state index is -1.70. The highest BCUT2D eigenvalue weighted by molar-refractivity contribution is 5.80. The molecule has 1 aromatic heterocycles. The summed E-state index contributed by atoms with van der Waals surface area (Å²) in [6.45, 7) is 2.10. The maximum absolute atomic E-state index is 11.7. The van der Waals surface area contributed by atoms with Crippen LogP contribution in [0.4, 0.5) is 0 Å². The largest absolute Gasteiger partial charge is 0.493 e. The summed E-state index contributed by atoms with van der Waals surface area (Å²) in [7, 11) is 1.37. The van der Waals surface area contributed by atoms with Crippen LogP contribution in [-0.4, -0.2) is 107 Å². The Morgan fingerprint density at radius 1 is 0.921 bits per heavy atom. The van der Waals surface area contributed by atoms with Crippen molar-refractivity contribution in [2.24, 2.45) is 0 Å². The summed E-state index contributed by atoms with van der Waals surface area (Å²) in [5, 5.41) is 52.0. The molecular formula is C24H30O14. The van der Waals surface area contributed by atoms with Gasteiger partial charge in [-0.25, -0.2) is 4.79 Å². The third-order valence-corrected chi connectivity index (χ3v) is 6.33. The minimum Gasteiger partial charge on any atom is -0.493 e. The minimum absolute atomic E-state index is 0.0109. The molecule has 5 N–H and O–H groups in total. The summed E-state index contributed by atoms with van der Waals surface area (Å²) in [6.07, 6.45) is -14.4. The normalized spacial score (nSPS) is 35.6. The van der Waals surface area contributed by atoms with Gasteiger partial charge in [0.05, 0.1) is 19.8 Å². The molecule has 0 amide bonds. The molecule has 2 aromatic rings. The van der Waals surface area contributed by atoms with Crippen LogP contribution in [0.1, 0.15) is 13.8 Å². The van der Waals surface area contributed by atoms with Crippen LogP contribution in [0.15, 0.2) is 33.5 Å². The maximum atomic E-state index is 11.7. The number of aliphatic hydroxyl groups is 5. The fourth-order valence-electron chi connectivity index (χ4n) is 4.25. The maximum Gasteiger partial charge on any atom is 0.336 e. The Bertz CT molecular complexity index is 1180. The van der Waals surface area contributed by atoms with Gasteiger partial charge in [0.2, 0.25) is 6.29 Å². The summed E-state index contributed by atoms with van der Waals surface area (Å²) in [6, 6.07) is 5.65. The average molecular weight is 542 g/mol. The van der Waals surface area contributed by atoms with E-state index < -0.39 is 79.6 Å². The lowest BCUT2D eigenvalue weighted by atomic mass is 9.98. The Balaban J connectivity index is 1.57. The number of rotatable bonds is 7. The summed E-state index contributed by atoms with van der Waals surface area (Å²) >= 11 is 0. The number of methoxy groups -OCH3 is 1. The van der Waals surface area contributed by atoms with Crippen LogP contribution in [0.5, 0.6) is 11.5 Å². The van der Waals surface area contributed by atoms with E-state index in [-0.39, 0.29) is 17.1 Å². The first-order chi connectivity index (χ1) is 18.0. The second-order valence-corrected chi connectivity index (χ2v) is 9.03. The molecule has 10 atom stereocenters. The Kier molecular flexibility index (Phi) is 8.54. The molecule has 1 unspecified atom stereocenters. The monoisotopic (exact) mass is 542 g/mol. The highest BCUT2D eigenvalue weighted by atomic mass is 16.7. The number of ether oxygens (including phenoxy) is 6. The highest BCUT2D eigenvalue weighted by Crippen LogP contribution is 2.35. The number of aliphatic hydroxyl groups excluding tert-OH is 5. The molecule has 2 saturated heterocycles. The smallest absolute Gasteiger partial charge is 0.336 e. The van der Waals surface area contributed by atoms with E-state index in [0.717, 1.165) is 6.92 Å². The molecule has 0 aliphatic carbocycles. The van der Waals surface area contributed by atoms with Gasteiger partial charge in [-0.05, 0) is 19.1 Å². The molecule has 2 aliphatic heterocycles. The lowest BCUT2D eigenvalue weighted by Crippen LogP contribution is -2.62. The number of carbonyl (C=O) groups excluding carboxylic acids is 1. The van der Waals surface area contributed by atoms with Crippen LogP contribution >= 0.6 is 0 Å². The van der Waals surface area contributed by atoms with Crippen LogP contribution < -0.4 is 15.1 Å². The van der Waals surface area contributed by atoms with E-state index >= 15 is 0 Å². The van der Waals surface area contributed by atoms with Crippen molar-refractivity contribution in [3.8, 4) is 11.5 Å². The van der Waals surface area contributed by atoms with E-state index in [1.807, 2.05) is 0 Å². The van der Waals surface area contributed by atoms with Crippen molar-refractivity contribution in [3.63, 3.8) is 0 Å². The molecule has 3 heterocycles. The lowest BCUT2D eigenvalue weighted by Gasteiger charge is -2.43. The fraction of sp³-hybridized carbons (Fsp3) is 0.583. The van der Waals surface area contributed by atoms with Gasteiger partial charge in [0.1, 0.15) is 42.2 Å². The van der Waals surface area contributed by atoms with Gasteiger partial charge in [-0.3, -0.25) is 4.79 Å². The highest BCUT2D eigenvalue weighted by Gasteiger charge is 2.49. The molecule has 0 saturated carbocycles. The standard InChI is InChI=1S/C24H30O14/c1-9-17(27)19(29)21(31)23(34-9)33-8-15-18(28)20(30)22(35-10(2)25)24(38-15)37-14-7-12-11(6-13(14)32-3)4-5-16(26)36-12/h4-7,9,15,17-24,27-31H,8H2,1-3H3/t9-,15?,17-,18+,19+,20-,21+,22+,23+,24+/m0/s1. The zero-order valence-electron chi connectivity index (χ0n) is 20.7. The summed E-state index contributed by atoms with van der Waals surface area (Å²) in [4.78, 5) is 23.4. The second-order valence-electron chi connectivity index (χ2n) is 9.03. The summed E-state index contributed by atoms with van der Waals surface area (Å²) < 4.78 is 38.2. The number of fused-ring (bicyclic) bond motifs is 1. The topological polar surface area (TPSA) is 204 Å². The van der Waals surface area contributed by atoms with Gasteiger partial charge >= 0.3 is 11.6 Å². The third kappa shape index (κ3) is 5.77. The molecule has 0 bridgehead atoms. The first-order valence-corrected chi connectivity index (χ1v) is 11.8. The predicted octanol–water partition coefficient (Wildman–Crippen LogP) is -1.60. The van der Waals surface area contributed by atoms with Gasteiger partial charge in [-0.15, -0.1) is 0 Å². The Morgan fingerprint density at radius 3 is 2.34 bits per heavy atom. The molecule has 0 radical (unpaired) electrons. The summed E-state index contributed by atoms with van der Waals surface area (Å²) in [5.74, 6) is -0.577. The van der Waals surface area contributed by atoms with Crippen LogP contribution in [0, 0.1) is 0 Å². The molecule has 210 valence electrons. The van der Waals surface area contributed by atoms with Crippen LogP contribution in [0.3, 0.4) is 0 Å². The Labute approximate surface area is 215 Å². The van der Waals surface area contributed by atoms with Gasteiger partial charge < -0.3 is 58.4 Å². The number of hydrogen-bond donors (Lipinski definition) is 5. The van der Waals surface area contributed by atoms with Gasteiger partial charge in [0.25, 0.3) is 0 Å². The van der Waals surface area contributed by atoms with Crippen LogP contribution in [0.2, 0.25) is 0 Å². The van der Waals surface area contributed by atoms with Gasteiger partial charge in [0.15, 0.2) is 23.9 Å². The molecule has 4 rings (SSSR count). The van der Waals surface area contributed by atoms with E-state index in [0.29, 0.717) is 5.39 Å². The van der Waals surface area contributed by atoms with Crippen molar-refractivity contribution in [1.29, 1.82) is 0 Å². The van der Waals surface area contributed by atoms with Gasteiger partial charge in [0, 0.05) is 24.4 Å². The lowest BCUT2D eigenvalue weighted by molar-refractivity contribution is -0.319. The molecule has 0 spiro atoms. The van der Waals surface area contributed by atoms with E-state index in [2.05, 4.69) is 0 Å². The van der Waals surface area contributed by atoms with E-state index in [1.165, 1.54) is 38.3 Å². The van der Waals surface area contributed by atoms with Crippen LogP contribution in [0.25, 0.3) is 11.0 Å². The quantitative estimate of drug-likeness (QED) is 0.198. The van der Waals surface area contributed by atoms with Crippen molar-refractivity contribution >= 4 is 16.9 Å². The van der Waals surface area contributed by atoms with Crippen molar-refractivity contribution in [2.75, 3.05) is 13.7 Å². The Morgan fingerprint density at radius 2 is 1.66 bits per heavy atom. The van der Waals surface area contributed by atoms with E-state index in [1.54, 1.807) is 0 Å². The number of esters is 1. The molecule has 14 nitrogen and oxygen atoms in total. The Hall–Kier alpha value is -2.82. The second kappa shape index (κ2) is 11.5. The predicted molar refractivity (Wildman–Crippen MR) is 124 cm³/mol. The zero-order chi connectivity index (χ0) is 27.7. The molecule has 38 heavy (non-hydrogen) atoms. The van der Waals surface area contributed by atoms with Crippen molar-refractivity contribution < 1.29 is 63.2 Å². The van der Waals surface area contributed by atoms with Gasteiger partial charge in [-0.2, -0.15) is 0 Å². The molecule has 14 heteroatoms. The fourth-order valence-corrected chi connectivity index (χ4v) is 4.25. The molecule has 1 aromatic carbocycles. The van der Waals surface area contributed by atoms with Crippen molar-refractivity contribution in [1.82, 2.24) is 0 Å². The van der Waals surface area contributed by atoms with Crippen molar-refractivity contribution in [3.05, 3.63) is 34.7 Å². The van der Waals surface area contributed by atoms with Gasteiger partial charge in [-0.1, -0.05) is 0 Å². The van der Waals surface area contributed by atoms with Crippen molar-refractivity contribution in [2.45, 2.75) is 75.3 Å². The first kappa shape index (κ1) is 28.2. The first-order valence-electron chi connectivity index (χ1n) is 11.8. The van der Waals surface area contributed by atoms with Crippen LogP contribution in [-0.2, 0) is 23.7 Å². The molecule has 2 aliphatic rings. The van der Waals surface area contributed by atoms with E-state index in [9.17, 15) is 35.1 Å². The number of benzene rings is 1. The third-order valence-electron chi connectivity index (χ3n) is 6.33. The molecular weight excluding hydrogens is 512 g/mol.